The summed E-state index contributed by atoms with van der Waals surface area (Å²) in [6, 6.07) is 6.14. The van der Waals surface area contributed by atoms with Crippen LogP contribution in [-0.2, 0) is 44.4 Å². The van der Waals surface area contributed by atoms with E-state index in [0.29, 0.717) is 68.5 Å². The molecule has 2 heterocycles. The zero-order valence-electron chi connectivity index (χ0n) is 25.5. The molecule has 4 rings (SSSR count). The molecule has 1 aromatic heterocycles. The summed E-state index contributed by atoms with van der Waals surface area (Å²) in [4.78, 5) is 4.03. The Hall–Kier alpha value is -3.15. The fraction of sp³-hybridized carbons (Fsp3) is 0.533. The minimum Gasteiger partial charge on any atom is -0.383 e. The Kier molecular flexibility index (Phi) is 12.1. The second kappa shape index (κ2) is 15.6. The fourth-order valence-electron chi connectivity index (χ4n) is 5.14. The summed E-state index contributed by atoms with van der Waals surface area (Å²) in [5, 5.41) is 11.3. The van der Waals surface area contributed by atoms with Gasteiger partial charge in [-0.05, 0) is 48.4 Å². The molecule has 3 aromatic rings. The molecule has 3 atom stereocenters. The predicted molar refractivity (Wildman–Crippen MR) is 151 cm³/mol. The lowest BCUT2D eigenvalue weighted by Gasteiger charge is -2.42. The first-order chi connectivity index (χ1) is 21.8. The van der Waals surface area contributed by atoms with Gasteiger partial charge in [0, 0.05) is 46.9 Å². The SMILES string of the molecule is COCCN(CCOC)Cc1n[nH]nc1CN1CCO[C@H](OC(C)c2cc(C(F)(F)F)cc(C(F)(F)F)c2)[C@@H]1c1ccc(F)cc1. The van der Waals surface area contributed by atoms with E-state index in [9.17, 15) is 30.7 Å². The highest BCUT2D eigenvalue weighted by atomic mass is 19.4. The second-order valence-corrected chi connectivity index (χ2v) is 10.8. The maximum atomic E-state index is 13.9. The number of aromatic amines is 1. The van der Waals surface area contributed by atoms with E-state index in [0.717, 1.165) is 0 Å². The third-order valence-corrected chi connectivity index (χ3v) is 7.59. The van der Waals surface area contributed by atoms with Crippen molar-refractivity contribution in [1.82, 2.24) is 25.2 Å². The largest absolute Gasteiger partial charge is 0.416 e. The van der Waals surface area contributed by atoms with Crippen molar-refractivity contribution >= 4 is 0 Å². The first-order valence-corrected chi connectivity index (χ1v) is 14.4. The van der Waals surface area contributed by atoms with E-state index >= 15 is 0 Å². The number of alkyl halides is 6. The van der Waals surface area contributed by atoms with E-state index in [2.05, 4.69) is 20.3 Å². The molecule has 1 fully saturated rings. The molecule has 2 aromatic carbocycles. The molecular formula is C30H36F7N5O4. The Morgan fingerprint density at radius 2 is 1.52 bits per heavy atom. The highest BCUT2D eigenvalue weighted by molar-refractivity contribution is 5.35. The standard InChI is InChI=1S/C30H36F7N5O4/c1-19(21-14-22(29(32,33)34)16-23(15-21)30(35,36)37)46-28-27(20-4-6-24(31)7-5-20)42(10-13-45-28)18-26-25(38-40-39-26)17-41(8-11-43-2)9-12-44-3/h4-7,14-16,19,27-28H,8-13,17-18H2,1-3H3,(H,38,39,40)/t19?,27-,28+/m0/s1. The van der Waals surface area contributed by atoms with Crippen LogP contribution in [0.4, 0.5) is 30.7 Å². The van der Waals surface area contributed by atoms with Gasteiger partial charge in [-0.3, -0.25) is 9.80 Å². The number of rotatable bonds is 14. The highest BCUT2D eigenvalue weighted by Crippen LogP contribution is 2.40. The number of benzene rings is 2. The number of ether oxygens (including phenoxy) is 4. The van der Waals surface area contributed by atoms with E-state index in [1.165, 1.54) is 31.2 Å². The van der Waals surface area contributed by atoms with Gasteiger partial charge in [0.1, 0.15) is 17.2 Å². The van der Waals surface area contributed by atoms with Crippen LogP contribution in [0, 0.1) is 5.82 Å². The summed E-state index contributed by atoms with van der Waals surface area (Å²) in [5.41, 5.74) is -1.40. The molecule has 1 aliphatic heterocycles. The lowest BCUT2D eigenvalue weighted by Crippen LogP contribution is -2.46. The number of morpholine rings is 1. The van der Waals surface area contributed by atoms with Crippen LogP contribution in [0.1, 0.15) is 52.7 Å². The van der Waals surface area contributed by atoms with E-state index < -0.39 is 47.7 Å². The van der Waals surface area contributed by atoms with Gasteiger partial charge in [-0.15, -0.1) is 0 Å². The molecule has 0 bridgehead atoms. The number of nitrogens with one attached hydrogen (secondary N) is 1. The van der Waals surface area contributed by atoms with Crippen molar-refractivity contribution in [2.24, 2.45) is 0 Å². The Labute approximate surface area is 261 Å². The smallest absolute Gasteiger partial charge is 0.383 e. The Balaban J connectivity index is 1.62. The van der Waals surface area contributed by atoms with E-state index in [1.807, 2.05) is 4.90 Å². The number of nitrogens with zero attached hydrogens (tertiary/aromatic N) is 4. The summed E-state index contributed by atoms with van der Waals surface area (Å²) in [6.45, 7) is 4.70. The molecule has 1 unspecified atom stereocenters. The first-order valence-electron chi connectivity index (χ1n) is 14.4. The molecule has 0 aliphatic carbocycles. The molecule has 9 nitrogen and oxygen atoms in total. The van der Waals surface area contributed by atoms with Gasteiger partial charge in [0.05, 0.1) is 43.1 Å². The Morgan fingerprint density at radius 1 is 0.935 bits per heavy atom. The van der Waals surface area contributed by atoms with Crippen LogP contribution >= 0.6 is 0 Å². The third-order valence-electron chi connectivity index (χ3n) is 7.59. The lowest BCUT2D eigenvalue weighted by molar-refractivity contribution is -0.231. The zero-order valence-corrected chi connectivity index (χ0v) is 25.5. The lowest BCUT2D eigenvalue weighted by atomic mass is 10.0. The van der Waals surface area contributed by atoms with Gasteiger partial charge in [-0.25, -0.2) is 4.39 Å². The number of hydrogen-bond donors (Lipinski definition) is 1. The molecule has 1 saturated heterocycles. The van der Waals surface area contributed by atoms with Crippen LogP contribution in [0.25, 0.3) is 0 Å². The van der Waals surface area contributed by atoms with Gasteiger partial charge in [0.15, 0.2) is 6.29 Å². The van der Waals surface area contributed by atoms with E-state index in [-0.39, 0.29) is 24.8 Å². The molecule has 254 valence electrons. The third kappa shape index (κ3) is 9.45. The maximum absolute atomic E-state index is 13.9. The molecule has 0 amide bonds. The first kappa shape index (κ1) is 35.7. The van der Waals surface area contributed by atoms with E-state index in [4.69, 9.17) is 18.9 Å². The molecule has 0 spiro atoms. The average molecular weight is 664 g/mol. The molecule has 46 heavy (non-hydrogen) atoms. The predicted octanol–water partition coefficient (Wildman–Crippen LogP) is 5.75. The van der Waals surface area contributed by atoms with Gasteiger partial charge >= 0.3 is 12.4 Å². The molecule has 0 radical (unpaired) electrons. The topological polar surface area (TPSA) is 85.0 Å². The van der Waals surface area contributed by atoms with E-state index in [1.54, 1.807) is 14.2 Å². The monoisotopic (exact) mass is 663 g/mol. The van der Waals surface area contributed by atoms with Gasteiger partial charge in [0.2, 0.25) is 0 Å². The van der Waals surface area contributed by atoms with Crippen LogP contribution in [-0.4, -0.2) is 85.2 Å². The summed E-state index contributed by atoms with van der Waals surface area (Å²) in [6.07, 6.45) is -12.4. The molecule has 1 aliphatic rings. The van der Waals surface area contributed by atoms with Crippen LogP contribution in [0.2, 0.25) is 0 Å². The quantitative estimate of drug-likeness (QED) is 0.218. The molecular weight excluding hydrogens is 627 g/mol. The van der Waals surface area contributed by atoms with Crippen molar-refractivity contribution in [3.05, 3.63) is 81.9 Å². The van der Waals surface area contributed by atoms with Gasteiger partial charge in [-0.1, -0.05) is 12.1 Å². The number of aromatic nitrogens is 3. The molecule has 1 N–H and O–H groups in total. The Morgan fingerprint density at radius 3 is 2.09 bits per heavy atom. The fourth-order valence-corrected chi connectivity index (χ4v) is 5.14. The summed E-state index contributed by atoms with van der Waals surface area (Å²) in [7, 11) is 3.21. The number of H-pyrrole nitrogens is 1. The minimum absolute atomic E-state index is 0.0670. The second-order valence-electron chi connectivity index (χ2n) is 10.8. The van der Waals surface area contributed by atoms with Crippen LogP contribution in [0.15, 0.2) is 42.5 Å². The van der Waals surface area contributed by atoms with Crippen molar-refractivity contribution in [2.45, 2.75) is 50.8 Å². The maximum Gasteiger partial charge on any atom is 0.416 e. The van der Waals surface area contributed by atoms with Gasteiger partial charge in [0.25, 0.3) is 0 Å². The van der Waals surface area contributed by atoms with Crippen molar-refractivity contribution in [3.63, 3.8) is 0 Å². The molecule has 16 heteroatoms. The van der Waals surface area contributed by atoms with Gasteiger partial charge < -0.3 is 18.9 Å². The zero-order chi connectivity index (χ0) is 33.5. The van der Waals surface area contributed by atoms with Crippen LogP contribution < -0.4 is 0 Å². The van der Waals surface area contributed by atoms with Crippen molar-refractivity contribution in [2.75, 3.05) is 53.7 Å². The summed E-state index contributed by atoms with van der Waals surface area (Å²) >= 11 is 0. The van der Waals surface area contributed by atoms with Crippen molar-refractivity contribution in [1.29, 1.82) is 0 Å². The summed E-state index contributed by atoms with van der Waals surface area (Å²) < 4.78 is 118. The Bertz CT molecular complexity index is 1350. The normalized spacial score (nSPS) is 18.8. The summed E-state index contributed by atoms with van der Waals surface area (Å²) in [5.74, 6) is -0.493. The minimum atomic E-state index is -5.01. The van der Waals surface area contributed by atoms with Crippen molar-refractivity contribution < 1.29 is 49.7 Å². The van der Waals surface area contributed by atoms with Crippen LogP contribution in [0.3, 0.4) is 0 Å². The van der Waals surface area contributed by atoms with Crippen LogP contribution in [0.5, 0.6) is 0 Å². The average Bonchev–Trinajstić information content (AvgIpc) is 3.44. The molecule has 0 saturated carbocycles. The number of methoxy groups -OCH3 is 2. The van der Waals surface area contributed by atoms with Gasteiger partial charge in [-0.2, -0.15) is 41.8 Å². The van der Waals surface area contributed by atoms with Crippen molar-refractivity contribution in [3.8, 4) is 0 Å². The highest BCUT2D eigenvalue weighted by Gasteiger charge is 2.39. The number of hydrogen-bond acceptors (Lipinski definition) is 8. The number of halogens is 7.